The normalized spacial score (nSPS) is 11.8. The first-order chi connectivity index (χ1) is 7.84. The van der Waals surface area contributed by atoms with Crippen LogP contribution in [0.15, 0.2) is 24.3 Å². The molecule has 0 fully saturated rings. The lowest BCUT2D eigenvalue weighted by molar-refractivity contribution is 0.0992. The van der Waals surface area contributed by atoms with Crippen LogP contribution in [-0.2, 0) is 10.0 Å². The van der Waals surface area contributed by atoms with Crippen molar-refractivity contribution >= 4 is 26.8 Å². The molecule has 90 valence electrons. The van der Waals surface area contributed by atoms with Gasteiger partial charge in [-0.1, -0.05) is 12.1 Å². The molecule has 0 unspecified atom stereocenters. The van der Waals surface area contributed by atoms with Crippen molar-refractivity contribution in [3.8, 4) is 5.75 Å². The Bertz CT molecular complexity index is 715. The summed E-state index contributed by atoms with van der Waals surface area (Å²) < 4.78 is 24.0. The van der Waals surface area contributed by atoms with Gasteiger partial charge < -0.3 is 10.8 Å². The average Bonchev–Trinajstić information content (AvgIpc) is 2.52. The molecule has 0 saturated carbocycles. The van der Waals surface area contributed by atoms with E-state index in [1.807, 2.05) is 0 Å². The molecule has 0 bridgehead atoms. The van der Waals surface area contributed by atoms with Crippen LogP contribution in [0.2, 0.25) is 0 Å². The number of carbonyl (C=O) groups is 1. The maximum Gasteiger partial charge on any atom is 0.270 e. The van der Waals surface area contributed by atoms with Crippen LogP contribution < -0.4 is 5.73 Å². The summed E-state index contributed by atoms with van der Waals surface area (Å²) in [6.07, 6.45) is 0.936. The number of aromatic nitrogens is 1. The van der Waals surface area contributed by atoms with Crippen molar-refractivity contribution in [2.45, 2.75) is 0 Å². The number of nitrogens with two attached hydrogens (primary N) is 1. The van der Waals surface area contributed by atoms with Gasteiger partial charge in [-0.2, -0.15) is 0 Å². The highest BCUT2D eigenvalue weighted by atomic mass is 32.2. The SMILES string of the molecule is CS(=O)(=O)n1c(C(N)=O)c(O)c2ccccc21. The third-order valence-corrected chi connectivity index (χ3v) is 3.41. The van der Waals surface area contributed by atoms with Gasteiger partial charge in [0.15, 0.2) is 11.4 Å². The number of nitrogens with zero attached hydrogens (tertiary/aromatic N) is 1. The summed E-state index contributed by atoms with van der Waals surface area (Å²) in [6.45, 7) is 0. The van der Waals surface area contributed by atoms with Crippen LogP contribution in [0, 0.1) is 0 Å². The monoisotopic (exact) mass is 254 g/mol. The highest BCUT2D eigenvalue weighted by molar-refractivity contribution is 7.89. The van der Waals surface area contributed by atoms with Crippen LogP contribution in [0.5, 0.6) is 5.75 Å². The minimum Gasteiger partial charge on any atom is -0.505 e. The summed E-state index contributed by atoms with van der Waals surface area (Å²) in [5.41, 5.74) is 4.89. The maximum atomic E-state index is 11.6. The molecule has 0 radical (unpaired) electrons. The molecule has 0 aliphatic carbocycles. The smallest absolute Gasteiger partial charge is 0.270 e. The number of fused-ring (bicyclic) bond motifs is 1. The number of para-hydroxylation sites is 1. The van der Waals surface area contributed by atoms with E-state index in [2.05, 4.69) is 0 Å². The first-order valence-corrected chi connectivity index (χ1v) is 6.51. The summed E-state index contributed by atoms with van der Waals surface area (Å²) in [5.74, 6) is -1.41. The lowest BCUT2D eigenvalue weighted by atomic mass is 10.2. The number of aromatic hydroxyl groups is 1. The molecule has 1 amide bonds. The Hall–Kier alpha value is -2.02. The van der Waals surface area contributed by atoms with Gasteiger partial charge in [-0.3, -0.25) is 4.79 Å². The lowest BCUT2D eigenvalue weighted by Crippen LogP contribution is -2.21. The molecule has 0 atom stereocenters. The van der Waals surface area contributed by atoms with E-state index in [1.54, 1.807) is 12.1 Å². The Morgan fingerprint density at radius 3 is 2.47 bits per heavy atom. The third kappa shape index (κ3) is 1.64. The van der Waals surface area contributed by atoms with Gasteiger partial charge in [0, 0.05) is 5.39 Å². The van der Waals surface area contributed by atoms with Gasteiger partial charge in [0.25, 0.3) is 5.91 Å². The van der Waals surface area contributed by atoms with Crippen molar-refractivity contribution in [3.63, 3.8) is 0 Å². The van der Waals surface area contributed by atoms with Gasteiger partial charge in [-0.25, -0.2) is 12.4 Å². The second-order valence-corrected chi connectivity index (χ2v) is 5.44. The second kappa shape index (κ2) is 3.49. The van der Waals surface area contributed by atoms with Crippen molar-refractivity contribution in [3.05, 3.63) is 30.0 Å². The van der Waals surface area contributed by atoms with Crippen molar-refractivity contribution in [2.24, 2.45) is 5.73 Å². The molecule has 6 nitrogen and oxygen atoms in total. The molecule has 2 aromatic rings. The molecule has 0 spiro atoms. The minimum absolute atomic E-state index is 0.223. The summed E-state index contributed by atoms with van der Waals surface area (Å²) >= 11 is 0. The van der Waals surface area contributed by atoms with E-state index >= 15 is 0 Å². The predicted octanol–water partition coefficient (Wildman–Crippen LogP) is 0.254. The van der Waals surface area contributed by atoms with E-state index in [0.29, 0.717) is 0 Å². The van der Waals surface area contributed by atoms with E-state index < -0.39 is 27.4 Å². The zero-order valence-electron chi connectivity index (χ0n) is 8.91. The highest BCUT2D eigenvalue weighted by Gasteiger charge is 2.25. The lowest BCUT2D eigenvalue weighted by Gasteiger charge is -2.04. The van der Waals surface area contributed by atoms with Gasteiger partial charge >= 0.3 is 0 Å². The molecule has 3 N–H and O–H groups in total. The number of carbonyl (C=O) groups excluding carboxylic acids is 1. The van der Waals surface area contributed by atoms with Crippen LogP contribution in [0.25, 0.3) is 10.9 Å². The van der Waals surface area contributed by atoms with Crippen molar-refractivity contribution in [1.29, 1.82) is 0 Å². The zero-order chi connectivity index (χ0) is 12.8. The number of rotatable bonds is 2. The number of hydrogen-bond donors (Lipinski definition) is 2. The Labute approximate surface area is 97.3 Å². The van der Waals surface area contributed by atoms with Gasteiger partial charge in [0.1, 0.15) is 0 Å². The molecule has 0 aliphatic heterocycles. The van der Waals surface area contributed by atoms with Crippen LogP contribution >= 0.6 is 0 Å². The fourth-order valence-corrected chi connectivity index (χ4v) is 2.78. The fourth-order valence-electron chi connectivity index (χ4n) is 1.76. The molecule has 1 heterocycles. The summed E-state index contributed by atoms with van der Waals surface area (Å²) in [7, 11) is -3.73. The number of hydrogen-bond acceptors (Lipinski definition) is 4. The van der Waals surface area contributed by atoms with Gasteiger partial charge in [-0.05, 0) is 12.1 Å². The molecular weight excluding hydrogens is 244 g/mol. The topological polar surface area (TPSA) is 102 Å². The standard InChI is InChI=1S/C10H10N2O4S/c1-17(15,16)12-7-5-3-2-4-6(7)9(13)8(12)10(11)14/h2-5,13H,1H3,(H2,11,14). The fraction of sp³-hybridized carbons (Fsp3) is 0.100. The van der Waals surface area contributed by atoms with E-state index in [4.69, 9.17) is 5.73 Å². The molecular formula is C10H10N2O4S. The van der Waals surface area contributed by atoms with Gasteiger partial charge in [0.05, 0.1) is 11.8 Å². The number of amides is 1. The minimum atomic E-state index is -3.73. The van der Waals surface area contributed by atoms with Gasteiger partial charge in [-0.15, -0.1) is 0 Å². The van der Waals surface area contributed by atoms with Crippen molar-refractivity contribution in [2.75, 3.05) is 6.26 Å². The first-order valence-electron chi connectivity index (χ1n) is 4.67. The quantitative estimate of drug-likeness (QED) is 0.802. The Kier molecular flexibility index (Phi) is 2.35. The van der Waals surface area contributed by atoms with Crippen molar-refractivity contribution in [1.82, 2.24) is 3.97 Å². The summed E-state index contributed by atoms with van der Waals surface area (Å²) in [6, 6.07) is 6.23. The number of benzene rings is 1. The van der Waals surface area contributed by atoms with E-state index in [0.717, 1.165) is 10.2 Å². The molecule has 1 aromatic carbocycles. The van der Waals surface area contributed by atoms with E-state index in [-0.39, 0.29) is 10.9 Å². The third-order valence-electron chi connectivity index (χ3n) is 2.37. The molecule has 1 aromatic heterocycles. The largest absolute Gasteiger partial charge is 0.505 e. The van der Waals surface area contributed by atoms with Gasteiger partial charge in [0.2, 0.25) is 10.0 Å². The maximum absolute atomic E-state index is 11.6. The highest BCUT2D eigenvalue weighted by Crippen LogP contribution is 2.32. The molecule has 0 saturated heterocycles. The second-order valence-electron chi connectivity index (χ2n) is 3.61. The van der Waals surface area contributed by atoms with E-state index in [1.165, 1.54) is 12.1 Å². The Morgan fingerprint density at radius 1 is 1.35 bits per heavy atom. The van der Waals surface area contributed by atoms with Crippen LogP contribution in [0.4, 0.5) is 0 Å². The predicted molar refractivity (Wildman–Crippen MR) is 62.4 cm³/mol. The number of primary amides is 1. The average molecular weight is 254 g/mol. The Morgan fingerprint density at radius 2 is 1.94 bits per heavy atom. The Balaban J connectivity index is 3.07. The summed E-state index contributed by atoms with van der Waals surface area (Å²) in [4.78, 5) is 11.2. The zero-order valence-corrected chi connectivity index (χ0v) is 9.73. The molecule has 2 rings (SSSR count). The van der Waals surface area contributed by atoms with E-state index in [9.17, 15) is 18.3 Å². The van der Waals surface area contributed by atoms with Crippen LogP contribution in [0.3, 0.4) is 0 Å². The van der Waals surface area contributed by atoms with Crippen LogP contribution in [-0.4, -0.2) is 29.7 Å². The molecule has 0 aliphatic rings. The molecule has 17 heavy (non-hydrogen) atoms. The van der Waals surface area contributed by atoms with Crippen molar-refractivity contribution < 1.29 is 18.3 Å². The molecule has 7 heteroatoms. The first kappa shape index (κ1) is 11.5. The van der Waals surface area contributed by atoms with Crippen LogP contribution in [0.1, 0.15) is 10.5 Å². The summed E-state index contributed by atoms with van der Waals surface area (Å²) in [5, 5.41) is 10.1.